The van der Waals surface area contributed by atoms with E-state index in [0.29, 0.717) is 18.7 Å². The maximum absolute atomic E-state index is 11.4. The van der Waals surface area contributed by atoms with Gasteiger partial charge in [-0.05, 0) is 24.9 Å². The van der Waals surface area contributed by atoms with E-state index in [-0.39, 0.29) is 5.91 Å². The van der Waals surface area contributed by atoms with Crippen LogP contribution >= 0.6 is 11.8 Å². The Labute approximate surface area is 98.2 Å². The van der Waals surface area contributed by atoms with E-state index in [1.54, 1.807) is 18.0 Å². The third kappa shape index (κ3) is 8.89. The summed E-state index contributed by atoms with van der Waals surface area (Å²) in [7, 11) is -0.782. The molecule has 0 aromatic carbocycles. The van der Waals surface area contributed by atoms with Crippen LogP contribution in [0, 0.1) is 0 Å². The van der Waals surface area contributed by atoms with Crippen LogP contribution in [-0.4, -0.2) is 46.7 Å². The van der Waals surface area contributed by atoms with Gasteiger partial charge in [-0.1, -0.05) is 0 Å². The van der Waals surface area contributed by atoms with Crippen LogP contribution in [0.2, 0.25) is 0 Å². The highest BCUT2D eigenvalue weighted by Gasteiger charge is 2.11. The lowest BCUT2D eigenvalue weighted by Crippen LogP contribution is -2.41. The minimum atomic E-state index is -0.782. The number of hydrogen-bond donors (Lipinski definition) is 2. The highest BCUT2D eigenvalue weighted by Crippen LogP contribution is 1.98. The van der Waals surface area contributed by atoms with Gasteiger partial charge in [-0.25, -0.2) is 0 Å². The monoisotopic (exact) mass is 252 g/mol. The van der Waals surface area contributed by atoms with Gasteiger partial charge in [0.1, 0.15) is 0 Å². The Morgan fingerprint density at radius 2 is 2.27 bits per heavy atom. The summed E-state index contributed by atoms with van der Waals surface area (Å²) in [6, 6.07) is -0.412. The van der Waals surface area contributed by atoms with Crippen molar-refractivity contribution in [1.82, 2.24) is 5.32 Å². The van der Waals surface area contributed by atoms with Gasteiger partial charge in [0, 0.05) is 29.4 Å². The van der Waals surface area contributed by atoms with Crippen LogP contribution in [0.3, 0.4) is 0 Å². The molecule has 15 heavy (non-hydrogen) atoms. The fourth-order valence-electron chi connectivity index (χ4n) is 0.994. The normalized spacial score (nSPS) is 14.6. The topological polar surface area (TPSA) is 72.2 Å². The first-order valence-corrected chi connectivity index (χ1v) is 8.02. The number of hydrogen-bond acceptors (Lipinski definition) is 4. The molecule has 0 aliphatic rings. The maximum Gasteiger partial charge on any atom is 0.236 e. The molecule has 3 N–H and O–H groups in total. The molecule has 0 saturated carbocycles. The van der Waals surface area contributed by atoms with Crippen molar-refractivity contribution < 1.29 is 9.00 Å². The quantitative estimate of drug-likeness (QED) is 0.594. The van der Waals surface area contributed by atoms with E-state index in [0.717, 1.165) is 12.2 Å². The molecule has 1 amide bonds. The molecule has 0 aromatic rings. The van der Waals surface area contributed by atoms with E-state index in [2.05, 4.69) is 5.32 Å². The van der Waals surface area contributed by atoms with E-state index >= 15 is 0 Å². The number of nitrogens with two attached hydrogens (primary N) is 1. The molecule has 2 atom stereocenters. The van der Waals surface area contributed by atoms with Crippen LogP contribution in [0.25, 0.3) is 0 Å². The van der Waals surface area contributed by atoms with Crippen molar-refractivity contribution in [2.75, 3.05) is 30.6 Å². The van der Waals surface area contributed by atoms with Crippen LogP contribution in [0.1, 0.15) is 12.8 Å². The molecule has 0 saturated heterocycles. The Morgan fingerprint density at radius 3 is 2.80 bits per heavy atom. The van der Waals surface area contributed by atoms with Gasteiger partial charge < -0.3 is 11.1 Å². The smallest absolute Gasteiger partial charge is 0.236 e. The van der Waals surface area contributed by atoms with E-state index in [4.69, 9.17) is 5.73 Å². The lowest BCUT2D eigenvalue weighted by atomic mass is 10.2. The van der Waals surface area contributed by atoms with E-state index in [9.17, 15) is 9.00 Å². The summed E-state index contributed by atoms with van der Waals surface area (Å²) in [6.45, 7) is 0.561. The average Bonchev–Trinajstić information content (AvgIpc) is 2.20. The summed E-state index contributed by atoms with van der Waals surface area (Å²) in [6.07, 6.45) is 5.09. The lowest BCUT2D eigenvalue weighted by molar-refractivity contribution is -0.122. The van der Waals surface area contributed by atoms with Crippen LogP contribution in [0.5, 0.6) is 0 Å². The van der Waals surface area contributed by atoms with Gasteiger partial charge in [-0.15, -0.1) is 0 Å². The minimum absolute atomic E-state index is 0.106. The van der Waals surface area contributed by atoms with E-state index < -0.39 is 16.8 Å². The van der Waals surface area contributed by atoms with Gasteiger partial charge in [-0.3, -0.25) is 9.00 Å². The van der Waals surface area contributed by atoms with Crippen molar-refractivity contribution in [3.8, 4) is 0 Å². The second-order valence-corrected chi connectivity index (χ2v) is 5.85. The third-order valence-corrected chi connectivity index (χ3v) is 3.39. The summed E-state index contributed by atoms with van der Waals surface area (Å²) in [5, 5.41) is 2.74. The van der Waals surface area contributed by atoms with Crippen molar-refractivity contribution >= 4 is 28.5 Å². The van der Waals surface area contributed by atoms with Gasteiger partial charge in [0.05, 0.1) is 6.04 Å². The molecule has 0 heterocycles. The molecule has 0 aliphatic heterocycles. The van der Waals surface area contributed by atoms with Crippen LogP contribution in [0.15, 0.2) is 0 Å². The molecular weight excluding hydrogens is 232 g/mol. The zero-order valence-corrected chi connectivity index (χ0v) is 11.0. The minimum Gasteiger partial charge on any atom is -0.355 e. The third-order valence-electron chi connectivity index (χ3n) is 1.88. The van der Waals surface area contributed by atoms with Crippen molar-refractivity contribution in [3.63, 3.8) is 0 Å². The number of rotatable bonds is 8. The number of nitrogens with one attached hydrogen (secondary N) is 1. The first kappa shape index (κ1) is 14.9. The molecule has 90 valence electrons. The number of carbonyl (C=O) groups is 1. The predicted molar refractivity (Wildman–Crippen MR) is 67.5 cm³/mol. The Balaban J connectivity index is 3.51. The van der Waals surface area contributed by atoms with Gasteiger partial charge in [0.2, 0.25) is 5.91 Å². The molecule has 6 heteroatoms. The second kappa shape index (κ2) is 9.18. The van der Waals surface area contributed by atoms with Crippen molar-refractivity contribution in [3.05, 3.63) is 0 Å². The molecule has 0 aliphatic carbocycles. The summed E-state index contributed by atoms with van der Waals surface area (Å²) in [5.41, 5.74) is 5.66. The predicted octanol–water partition coefficient (Wildman–Crippen LogP) is -0.0484. The standard InChI is InChI=1S/C9H20N2O2S2/c1-14-6-4-8(10)9(12)11-5-3-7-15(2)13/h8H,3-7,10H2,1-2H3,(H,11,12)/t8-,15?/m0/s1. The zero-order valence-electron chi connectivity index (χ0n) is 9.32. The maximum atomic E-state index is 11.4. The van der Waals surface area contributed by atoms with Gasteiger partial charge in [-0.2, -0.15) is 11.8 Å². The molecule has 4 nitrogen and oxygen atoms in total. The molecule has 0 bridgehead atoms. The Morgan fingerprint density at radius 1 is 1.60 bits per heavy atom. The summed E-state index contributed by atoms with van der Waals surface area (Å²) in [5.74, 6) is 1.42. The molecule has 0 rings (SSSR count). The highest BCUT2D eigenvalue weighted by molar-refractivity contribution is 7.98. The van der Waals surface area contributed by atoms with Crippen molar-refractivity contribution in [2.45, 2.75) is 18.9 Å². The molecule has 0 aromatic heterocycles. The summed E-state index contributed by atoms with van der Waals surface area (Å²) >= 11 is 1.68. The Hall–Kier alpha value is -0.0700. The van der Waals surface area contributed by atoms with E-state index in [1.165, 1.54) is 0 Å². The summed E-state index contributed by atoms with van der Waals surface area (Å²) < 4.78 is 10.7. The second-order valence-electron chi connectivity index (χ2n) is 3.31. The molecule has 0 radical (unpaired) electrons. The van der Waals surface area contributed by atoms with Gasteiger partial charge in [0.25, 0.3) is 0 Å². The van der Waals surface area contributed by atoms with Crippen LogP contribution in [-0.2, 0) is 15.6 Å². The molecule has 0 fully saturated rings. The Bertz CT molecular complexity index is 212. The average molecular weight is 252 g/mol. The summed E-state index contributed by atoms with van der Waals surface area (Å²) in [4.78, 5) is 11.4. The van der Waals surface area contributed by atoms with Gasteiger partial charge in [0.15, 0.2) is 0 Å². The number of carbonyl (C=O) groups excluding carboxylic acids is 1. The van der Waals surface area contributed by atoms with E-state index in [1.807, 2.05) is 6.26 Å². The molecule has 1 unspecified atom stereocenters. The molecular formula is C9H20N2O2S2. The number of amides is 1. The van der Waals surface area contributed by atoms with Crippen LogP contribution in [0.4, 0.5) is 0 Å². The van der Waals surface area contributed by atoms with Crippen molar-refractivity contribution in [2.24, 2.45) is 5.73 Å². The lowest BCUT2D eigenvalue weighted by Gasteiger charge is -2.10. The number of thioether (sulfide) groups is 1. The first-order valence-electron chi connectivity index (χ1n) is 4.90. The fourth-order valence-corrected chi connectivity index (χ4v) is 2.03. The SMILES string of the molecule is CSCC[C@H](N)C(=O)NCCCS(C)=O. The van der Waals surface area contributed by atoms with Crippen LogP contribution < -0.4 is 11.1 Å². The van der Waals surface area contributed by atoms with Crippen molar-refractivity contribution in [1.29, 1.82) is 0 Å². The largest absolute Gasteiger partial charge is 0.355 e. The fraction of sp³-hybridized carbons (Fsp3) is 0.889. The highest BCUT2D eigenvalue weighted by atomic mass is 32.2. The Kier molecular flexibility index (Phi) is 9.13. The zero-order chi connectivity index (χ0) is 11.7. The molecule has 0 spiro atoms. The van der Waals surface area contributed by atoms with Gasteiger partial charge >= 0.3 is 0 Å². The first-order chi connectivity index (χ1) is 7.07.